The molecule has 1 atom stereocenters. The van der Waals surface area contributed by atoms with Crippen LogP contribution in [0.2, 0.25) is 0 Å². The normalized spacial score (nSPS) is 16.8. The van der Waals surface area contributed by atoms with E-state index in [1.807, 2.05) is 42.6 Å². The molecular weight excluding hydrogens is 418 g/mol. The second kappa shape index (κ2) is 8.01. The zero-order chi connectivity index (χ0) is 22.3. The van der Waals surface area contributed by atoms with E-state index in [0.717, 1.165) is 46.9 Å². The maximum absolute atomic E-state index is 11.6. The molecule has 31 heavy (non-hydrogen) atoms. The van der Waals surface area contributed by atoms with Crippen LogP contribution < -0.4 is 19.1 Å². The maximum atomic E-state index is 11.6. The van der Waals surface area contributed by atoms with Crippen LogP contribution in [0.15, 0.2) is 24.3 Å². The minimum atomic E-state index is -3.25. The Kier molecular flexibility index (Phi) is 5.52. The van der Waals surface area contributed by atoms with E-state index in [1.165, 1.54) is 6.26 Å². The van der Waals surface area contributed by atoms with Crippen LogP contribution in [0.4, 0.5) is 5.69 Å². The molecule has 1 N–H and O–H groups in total. The minimum absolute atomic E-state index is 0.120. The Labute approximate surface area is 182 Å². The number of methoxy groups -OCH3 is 2. The van der Waals surface area contributed by atoms with Gasteiger partial charge < -0.3 is 14.4 Å². The van der Waals surface area contributed by atoms with Crippen molar-refractivity contribution in [2.24, 2.45) is 0 Å². The Balaban J connectivity index is 1.78. The van der Waals surface area contributed by atoms with Crippen LogP contribution in [0.25, 0.3) is 16.9 Å². The predicted molar refractivity (Wildman–Crippen MR) is 120 cm³/mol. The second-order valence-electron chi connectivity index (χ2n) is 7.84. The second-order valence-corrected chi connectivity index (χ2v) is 9.62. The van der Waals surface area contributed by atoms with Gasteiger partial charge in [-0.3, -0.25) is 0 Å². The molecule has 1 aromatic carbocycles. The van der Waals surface area contributed by atoms with Crippen molar-refractivity contribution in [3.05, 3.63) is 35.7 Å². The van der Waals surface area contributed by atoms with Crippen molar-refractivity contribution in [2.45, 2.75) is 26.3 Å². The topological polar surface area (TPSA) is 98.1 Å². The number of benzene rings is 1. The van der Waals surface area contributed by atoms with E-state index in [2.05, 4.69) is 9.62 Å². The zero-order valence-electron chi connectivity index (χ0n) is 18.3. The Bertz CT molecular complexity index is 1240. The quantitative estimate of drug-likeness (QED) is 0.621. The number of hydrogen-bond donors (Lipinski definition) is 1. The highest BCUT2D eigenvalue weighted by atomic mass is 32.2. The van der Waals surface area contributed by atoms with E-state index in [1.54, 1.807) is 14.2 Å². The van der Waals surface area contributed by atoms with Crippen molar-refractivity contribution >= 4 is 21.4 Å². The summed E-state index contributed by atoms with van der Waals surface area (Å²) in [6.45, 7) is 5.23. The summed E-state index contributed by atoms with van der Waals surface area (Å²) >= 11 is 0. The van der Waals surface area contributed by atoms with E-state index in [4.69, 9.17) is 19.6 Å². The summed E-state index contributed by atoms with van der Waals surface area (Å²) in [7, 11) is -0.0306. The van der Waals surface area contributed by atoms with Crippen molar-refractivity contribution in [1.29, 1.82) is 0 Å². The highest BCUT2D eigenvalue weighted by molar-refractivity contribution is 7.88. The molecule has 0 aliphatic carbocycles. The summed E-state index contributed by atoms with van der Waals surface area (Å²) in [6.07, 6.45) is 1.93. The monoisotopic (exact) mass is 445 g/mol. The van der Waals surface area contributed by atoms with E-state index in [9.17, 15) is 8.42 Å². The minimum Gasteiger partial charge on any atom is -0.493 e. The fraction of sp³-hybridized carbons (Fsp3) is 0.429. The van der Waals surface area contributed by atoms with Gasteiger partial charge >= 0.3 is 0 Å². The molecule has 10 heteroatoms. The van der Waals surface area contributed by atoms with Gasteiger partial charge in [-0.2, -0.15) is 5.10 Å². The van der Waals surface area contributed by atoms with E-state index in [-0.39, 0.29) is 6.04 Å². The van der Waals surface area contributed by atoms with Crippen molar-refractivity contribution in [3.63, 3.8) is 0 Å². The molecule has 3 aromatic rings. The lowest BCUT2D eigenvalue weighted by Crippen LogP contribution is -2.36. The van der Waals surface area contributed by atoms with Crippen molar-refractivity contribution in [2.75, 3.05) is 38.5 Å². The molecule has 0 spiro atoms. The van der Waals surface area contributed by atoms with Crippen LogP contribution in [0.1, 0.15) is 17.8 Å². The third-order valence-electron chi connectivity index (χ3n) is 5.43. The van der Waals surface area contributed by atoms with Gasteiger partial charge in [-0.1, -0.05) is 0 Å². The molecule has 2 aromatic heterocycles. The highest BCUT2D eigenvalue weighted by Gasteiger charge is 2.28. The standard InChI is InChI=1S/C21H27N5O4S/c1-13-10-17(25-9-8-16(12-25)24-31(5,27)28)21-22-14(2)20(26(21)23-13)15-6-7-18(29-3)19(11-15)30-4/h6-7,10-11,16,24H,8-9,12H2,1-5H3. The summed E-state index contributed by atoms with van der Waals surface area (Å²) in [6, 6.07) is 7.63. The Morgan fingerprint density at radius 1 is 1.13 bits per heavy atom. The van der Waals surface area contributed by atoms with Crippen molar-refractivity contribution in [3.8, 4) is 22.8 Å². The van der Waals surface area contributed by atoms with Gasteiger partial charge in [0.1, 0.15) is 0 Å². The molecule has 0 amide bonds. The average molecular weight is 446 g/mol. The van der Waals surface area contributed by atoms with Gasteiger partial charge in [0.05, 0.1) is 43.2 Å². The fourth-order valence-corrected chi connectivity index (χ4v) is 4.95. The molecule has 1 aliphatic heterocycles. The largest absolute Gasteiger partial charge is 0.493 e. The molecule has 0 saturated carbocycles. The van der Waals surface area contributed by atoms with Crippen molar-refractivity contribution < 1.29 is 17.9 Å². The van der Waals surface area contributed by atoms with Gasteiger partial charge in [0, 0.05) is 24.7 Å². The van der Waals surface area contributed by atoms with E-state index >= 15 is 0 Å². The first kappa shape index (κ1) is 21.4. The van der Waals surface area contributed by atoms with Gasteiger partial charge in [-0.15, -0.1) is 0 Å². The third-order valence-corrected chi connectivity index (χ3v) is 6.19. The molecular formula is C21H27N5O4S. The predicted octanol–water partition coefficient (Wildman–Crippen LogP) is 2.16. The molecule has 1 fully saturated rings. The number of nitrogens with one attached hydrogen (secondary N) is 1. The number of rotatable bonds is 6. The van der Waals surface area contributed by atoms with Crippen LogP contribution in [0.3, 0.4) is 0 Å². The Morgan fingerprint density at radius 3 is 2.55 bits per heavy atom. The average Bonchev–Trinajstić information content (AvgIpc) is 3.29. The van der Waals surface area contributed by atoms with Crippen LogP contribution in [0.5, 0.6) is 11.5 Å². The maximum Gasteiger partial charge on any atom is 0.209 e. The molecule has 4 rings (SSSR count). The molecule has 166 valence electrons. The molecule has 1 aliphatic rings. The Hall–Kier alpha value is -2.85. The molecule has 9 nitrogen and oxygen atoms in total. The Morgan fingerprint density at radius 2 is 1.87 bits per heavy atom. The number of imidazole rings is 1. The van der Waals surface area contributed by atoms with Crippen LogP contribution in [-0.2, 0) is 10.0 Å². The highest BCUT2D eigenvalue weighted by Crippen LogP contribution is 2.35. The van der Waals surface area contributed by atoms with Crippen LogP contribution >= 0.6 is 0 Å². The summed E-state index contributed by atoms with van der Waals surface area (Å²) in [4.78, 5) is 6.99. The number of aryl methyl sites for hydroxylation is 2. The SMILES string of the molecule is COc1ccc(-c2c(C)nc3c(N4CCC(NS(C)(=O)=O)C4)cc(C)nn23)cc1OC. The number of sulfonamides is 1. The summed E-state index contributed by atoms with van der Waals surface area (Å²) < 4.78 is 38.6. The number of ether oxygens (including phenoxy) is 2. The molecule has 0 radical (unpaired) electrons. The fourth-order valence-electron chi connectivity index (χ4n) is 4.16. The number of anilines is 1. The third kappa shape index (κ3) is 4.17. The first-order valence-corrected chi connectivity index (χ1v) is 11.9. The lowest BCUT2D eigenvalue weighted by molar-refractivity contribution is 0.355. The molecule has 3 heterocycles. The van der Waals surface area contributed by atoms with Gasteiger partial charge in [0.15, 0.2) is 17.1 Å². The van der Waals surface area contributed by atoms with E-state index < -0.39 is 10.0 Å². The van der Waals surface area contributed by atoms with Gasteiger partial charge in [-0.25, -0.2) is 22.6 Å². The number of nitrogens with zero attached hydrogens (tertiary/aromatic N) is 4. The van der Waals surface area contributed by atoms with Gasteiger partial charge in [-0.05, 0) is 44.5 Å². The lowest BCUT2D eigenvalue weighted by atomic mass is 10.1. The molecule has 0 bridgehead atoms. The number of aromatic nitrogens is 3. The number of fused-ring (bicyclic) bond motifs is 1. The first-order chi connectivity index (χ1) is 14.7. The zero-order valence-corrected chi connectivity index (χ0v) is 19.2. The van der Waals surface area contributed by atoms with E-state index in [0.29, 0.717) is 18.0 Å². The lowest BCUT2D eigenvalue weighted by Gasteiger charge is -2.20. The summed E-state index contributed by atoms with van der Waals surface area (Å²) in [5, 5.41) is 4.73. The molecule has 1 saturated heterocycles. The number of hydrogen-bond acceptors (Lipinski definition) is 7. The molecule has 1 unspecified atom stereocenters. The summed E-state index contributed by atoms with van der Waals surface area (Å²) in [5.41, 5.74) is 5.18. The van der Waals surface area contributed by atoms with Gasteiger partial charge in [0.2, 0.25) is 10.0 Å². The van der Waals surface area contributed by atoms with Crippen LogP contribution in [-0.4, -0.2) is 62.6 Å². The summed E-state index contributed by atoms with van der Waals surface area (Å²) in [5.74, 6) is 1.29. The van der Waals surface area contributed by atoms with Crippen LogP contribution in [0, 0.1) is 13.8 Å². The first-order valence-electron chi connectivity index (χ1n) is 10.0. The van der Waals surface area contributed by atoms with Crippen molar-refractivity contribution in [1.82, 2.24) is 19.3 Å². The van der Waals surface area contributed by atoms with Gasteiger partial charge in [0.25, 0.3) is 0 Å². The smallest absolute Gasteiger partial charge is 0.209 e.